The van der Waals surface area contributed by atoms with Crippen LogP contribution >= 0.6 is 0 Å². The summed E-state index contributed by atoms with van der Waals surface area (Å²) < 4.78 is 5.09. The van der Waals surface area contributed by atoms with Crippen molar-refractivity contribution in [2.24, 2.45) is 5.73 Å². The number of amides is 1. The van der Waals surface area contributed by atoms with Crippen LogP contribution in [0, 0.1) is 0 Å². The largest absolute Gasteiger partial charge is 0.370 e. The van der Waals surface area contributed by atoms with E-state index < -0.39 is 0 Å². The highest BCUT2D eigenvalue weighted by Crippen LogP contribution is 2.16. The second-order valence-electron chi connectivity index (χ2n) is 4.28. The van der Waals surface area contributed by atoms with Gasteiger partial charge in [0.05, 0.1) is 6.61 Å². The molecular formula is C13H21N3O2. The van der Waals surface area contributed by atoms with Crippen molar-refractivity contribution in [3.05, 3.63) is 29.8 Å². The van der Waals surface area contributed by atoms with Crippen LogP contribution in [-0.2, 0) is 16.1 Å². The maximum atomic E-state index is 11.6. The van der Waals surface area contributed by atoms with Crippen molar-refractivity contribution in [1.29, 1.82) is 0 Å². The topological polar surface area (TPSA) is 67.6 Å². The SMILES string of the molecule is CN(C)Cc1ccccc1NC(=O)COCCN. The van der Waals surface area contributed by atoms with E-state index >= 15 is 0 Å². The number of nitrogens with two attached hydrogens (primary N) is 1. The lowest BCUT2D eigenvalue weighted by Gasteiger charge is -2.14. The molecule has 0 aromatic heterocycles. The van der Waals surface area contributed by atoms with Crippen molar-refractivity contribution >= 4 is 11.6 Å². The summed E-state index contributed by atoms with van der Waals surface area (Å²) in [5, 5.41) is 2.84. The molecule has 0 saturated carbocycles. The zero-order valence-electron chi connectivity index (χ0n) is 11.0. The molecule has 0 aliphatic heterocycles. The van der Waals surface area contributed by atoms with E-state index in [0.717, 1.165) is 17.8 Å². The number of benzene rings is 1. The van der Waals surface area contributed by atoms with Gasteiger partial charge in [0.15, 0.2) is 0 Å². The average molecular weight is 251 g/mol. The third kappa shape index (κ3) is 5.27. The fourth-order valence-electron chi connectivity index (χ4n) is 1.56. The molecule has 0 saturated heterocycles. The zero-order valence-corrected chi connectivity index (χ0v) is 11.0. The molecule has 0 unspecified atom stereocenters. The van der Waals surface area contributed by atoms with Gasteiger partial charge >= 0.3 is 0 Å². The predicted octanol–water partition coefficient (Wildman–Crippen LogP) is 0.662. The standard InChI is InChI=1S/C13H21N3O2/c1-16(2)9-11-5-3-4-6-12(11)15-13(17)10-18-8-7-14/h3-6H,7-10,14H2,1-2H3,(H,15,17). The number of nitrogens with zero attached hydrogens (tertiary/aromatic N) is 1. The van der Waals surface area contributed by atoms with Gasteiger partial charge in [0.25, 0.3) is 0 Å². The van der Waals surface area contributed by atoms with E-state index in [1.165, 1.54) is 0 Å². The Kier molecular flexibility index (Phi) is 6.35. The minimum Gasteiger partial charge on any atom is -0.370 e. The number of nitrogens with one attached hydrogen (secondary N) is 1. The maximum Gasteiger partial charge on any atom is 0.250 e. The molecule has 18 heavy (non-hydrogen) atoms. The molecule has 0 radical (unpaired) electrons. The molecule has 0 aliphatic carbocycles. The van der Waals surface area contributed by atoms with Gasteiger partial charge in [-0.2, -0.15) is 0 Å². The molecule has 1 aromatic carbocycles. The molecule has 0 heterocycles. The molecule has 5 heteroatoms. The number of anilines is 1. The Balaban J connectivity index is 2.57. The fourth-order valence-corrected chi connectivity index (χ4v) is 1.56. The summed E-state index contributed by atoms with van der Waals surface area (Å²) in [6.07, 6.45) is 0. The normalized spacial score (nSPS) is 10.7. The Bertz CT molecular complexity index is 380. The molecule has 0 bridgehead atoms. The van der Waals surface area contributed by atoms with Crippen LogP contribution in [0.15, 0.2) is 24.3 Å². The lowest BCUT2D eigenvalue weighted by atomic mass is 10.1. The van der Waals surface area contributed by atoms with Crippen LogP contribution in [0.2, 0.25) is 0 Å². The number of carbonyl (C=O) groups is 1. The lowest BCUT2D eigenvalue weighted by molar-refractivity contribution is -0.120. The number of hydrogen-bond donors (Lipinski definition) is 2. The van der Waals surface area contributed by atoms with Crippen molar-refractivity contribution in [3.8, 4) is 0 Å². The monoisotopic (exact) mass is 251 g/mol. The lowest BCUT2D eigenvalue weighted by Crippen LogP contribution is -2.22. The van der Waals surface area contributed by atoms with Crippen molar-refractivity contribution < 1.29 is 9.53 Å². The van der Waals surface area contributed by atoms with E-state index in [2.05, 4.69) is 10.2 Å². The molecule has 3 N–H and O–H groups in total. The second kappa shape index (κ2) is 7.81. The molecule has 0 aliphatic rings. The maximum absolute atomic E-state index is 11.6. The highest BCUT2D eigenvalue weighted by atomic mass is 16.5. The molecule has 1 aromatic rings. The van der Waals surface area contributed by atoms with Gasteiger partial charge in [0, 0.05) is 18.8 Å². The smallest absolute Gasteiger partial charge is 0.250 e. The van der Waals surface area contributed by atoms with Gasteiger partial charge in [-0.15, -0.1) is 0 Å². The first-order chi connectivity index (χ1) is 8.63. The summed E-state index contributed by atoms with van der Waals surface area (Å²) in [7, 11) is 3.98. The van der Waals surface area contributed by atoms with Gasteiger partial charge < -0.3 is 20.7 Å². The molecule has 0 fully saturated rings. The van der Waals surface area contributed by atoms with Gasteiger partial charge in [-0.05, 0) is 25.7 Å². The number of para-hydroxylation sites is 1. The molecule has 0 atom stereocenters. The fraction of sp³-hybridized carbons (Fsp3) is 0.462. The van der Waals surface area contributed by atoms with E-state index in [4.69, 9.17) is 10.5 Å². The summed E-state index contributed by atoms with van der Waals surface area (Å²) in [5.41, 5.74) is 7.19. The summed E-state index contributed by atoms with van der Waals surface area (Å²) in [4.78, 5) is 13.7. The van der Waals surface area contributed by atoms with Gasteiger partial charge in [-0.1, -0.05) is 18.2 Å². The van der Waals surface area contributed by atoms with Crippen LogP contribution in [0.1, 0.15) is 5.56 Å². The molecule has 1 rings (SSSR count). The summed E-state index contributed by atoms with van der Waals surface area (Å²) >= 11 is 0. The summed E-state index contributed by atoms with van der Waals surface area (Å²) in [5.74, 6) is -0.158. The van der Waals surface area contributed by atoms with Crippen molar-refractivity contribution in [3.63, 3.8) is 0 Å². The van der Waals surface area contributed by atoms with Crippen LogP contribution in [-0.4, -0.2) is 44.7 Å². The van der Waals surface area contributed by atoms with Crippen LogP contribution in [0.4, 0.5) is 5.69 Å². The minimum atomic E-state index is -0.158. The number of rotatable bonds is 7. The molecule has 0 spiro atoms. The highest BCUT2D eigenvalue weighted by Gasteiger charge is 2.07. The van der Waals surface area contributed by atoms with Crippen molar-refractivity contribution in [1.82, 2.24) is 4.90 Å². The predicted molar refractivity (Wildman–Crippen MR) is 72.3 cm³/mol. The Morgan fingerprint density at radius 1 is 1.39 bits per heavy atom. The van der Waals surface area contributed by atoms with Crippen molar-refractivity contribution in [2.45, 2.75) is 6.54 Å². The average Bonchev–Trinajstić information content (AvgIpc) is 2.31. The van der Waals surface area contributed by atoms with E-state index in [1.807, 2.05) is 38.4 Å². The first-order valence-corrected chi connectivity index (χ1v) is 5.93. The first-order valence-electron chi connectivity index (χ1n) is 5.93. The quantitative estimate of drug-likeness (QED) is 0.699. The van der Waals surface area contributed by atoms with Gasteiger partial charge in [-0.25, -0.2) is 0 Å². The second-order valence-corrected chi connectivity index (χ2v) is 4.28. The Morgan fingerprint density at radius 2 is 2.11 bits per heavy atom. The van der Waals surface area contributed by atoms with E-state index in [1.54, 1.807) is 0 Å². The molecule has 100 valence electrons. The number of ether oxygens (including phenoxy) is 1. The van der Waals surface area contributed by atoms with Gasteiger partial charge in [0.2, 0.25) is 5.91 Å². The zero-order chi connectivity index (χ0) is 13.4. The van der Waals surface area contributed by atoms with Crippen LogP contribution < -0.4 is 11.1 Å². The first kappa shape index (κ1) is 14.6. The van der Waals surface area contributed by atoms with E-state index in [0.29, 0.717) is 13.2 Å². The third-order valence-electron chi connectivity index (χ3n) is 2.27. The Labute approximate surface area is 108 Å². The van der Waals surface area contributed by atoms with Crippen LogP contribution in [0.5, 0.6) is 0 Å². The molecule has 1 amide bonds. The van der Waals surface area contributed by atoms with Crippen LogP contribution in [0.25, 0.3) is 0 Å². The molecular weight excluding hydrogens is 230 g/mol. The summed E-state index contributed by atoms with van der Waals surface area (Å²) in [6, 6.07) is 7.74. The highest BCUT2D eigenvalue weighted by molar-refractivity contribution is 5.92. The number of hydrogen-bond acceptors (Lipinski definition) is 4. The third-order valence-corrected chi connectivity index (χ3v) is 2.27. The van der Waals surface area contributed by atoms with E-state index in [-0.39, 0.29) is 12.5 Å². The Morgan fingerprint density at radius 3 is 2.78 bits per heavy atom. The Hall–Kier alpha value is -1.43. The molecule has 5 nitrogen and oxygen atoms in total. The summed E-state index contributed by atoms with van der Waals surface area (Å²) in [6.45, 7) is 1.63. The van der Waals surface area contributed by atoms with Crippen LogP contribution in [0.3, 0.4) is 0 Å². The van der Waals surface area contributed by atoms with E-state index in [9.17, 15) is 4.79 Å². The van der Waals surface area contributed by atoms with Gasteiger partial charge in [-0.3, -0.25) is 4.79 Å². The van der Waals surface area contributed by atoms with Gasteiger partial charge in [0.1, 0.15) is 6.61 Å². The number of carbonyl (C=O) groups excluding carboxylic acids is 1. The minimum absolute atomic E-state index is 0.0352. The van der Waals surface area contributed by atoms with Crippen molar-refractivity contribution in [2.75, 3.05) is 39.2 Å².